The van der Waals surface area contributed by atoms with Gasteiger partial charge in [0.15, 0.2) is 0 Å². The molecule has 1 fully saturated rings. The summed E-state index contributed by atoms with van der Waals surface area (Å²) in [6.07, 6.45) is 1.68. The Morgan fingerprint density at radius 1 is 1.52 bits per heavy atom. The van der Waals surface area contributed by atoms with Crippen LogP contribution in [0.2, 0.25) is 0 Å². The molecule has 23 heavy (non-hydrogen) atoms. The molecule has 1 amide bonds. The summed E-state index contributed by atoms with van der Waals surface area (Å²) < 4.78 is 5.99. The minimum atomic E-state index is 0.0973. The van der Waals surface area contributed by atoms with Gasteiger partial charge < -0.3 is 15.4 Å². The molecule has 1 aromatic carbocycles. The lowest BCUT2D eigenvalue weighted by molar-refractivity contribution is -0.121. The third kappa shape index (κ3) is 6.07. The van der Waals surface area contributed by atoms with Gasteiger partial charge in [-0.25, -0.2) is 0 Å². The van der Waals surface area contributed by atoms with Gasteiger partial charge >= 0.3 is 0 Å². The highest BCUT2D eigenvalue weighted by atomic mass is 32.2. The van der Waals surface area contributed by atoms with Crippen LogP contribution in [0.3, 0.4) is 0 Å². The van der Waals surface area contributed by atoms with Gasteiger partial charge in [0.1, 0.15) is 5.75 Å². The maximum atomic E-state index is 12.1. The van der Waals surface area contributed by atoms with Crippen molar-refractivity contribution in [3.8, 4) is 5.75 Å². The molecular weight excluding hydrogens is 308 g/mol. The summed E-state index contributed by atoms with van der Waals surface area (Å²) in [5, 5.41) is 6.42. The van der Waals surface area contributed by atoms with E-state index in [1.165, 1.54) is 5.56 Å². The zero-order valence-electron chi connectivity index (χ0n) is 14.4. The fourth-order valence-corrected chi connectivity index (χ4v) is 3.41. The van der Waals surface area contributed by atoms with Crippen LogP contribution >= 0.6 is 11.8 Å². The number of rotatable bonds is 7. The highest BCUT2D eigenvalue weighted by molar-refractivity contribution is 7.99. The first-order valence-electron chi connectivity index (χ1n) is 8.42. The first kappa shape index (κ1) is 18.1. The molecule has 1 heterocycles. The van der Waals surface area contributed by atoms with E-state index in [0.717, 1.165) is 35.8 Å². The van der Waals surface area contributed by atoms with Crippen LogP contribution in [0.15, 0.2) is 18.2 Å². The molecule has 0 saturated carbocycles. The number of benzene rings is 1. The number of ether oxygens (including phenoxy) is 1. The summed E-state index contributed by atoms with van der Waals surface area (Å²) in [5.41, 5.74) is 2.21. The molecule has 1 aromatic rings. The third-order valence-electron chi connectivity index (χ3n) is 4.03. The largest absolute Gasteiger partial charge is 0.490 e. The van der Waals surface area contributed by atoms with E-state index in [9.17, 15) is 4.79 Å². The van der Waals surface area contributed by atoms with Crippen LogP contribution in [0.5, 0.6) is 5.75 Å². The molecule has 0 aliphatic carbocycles. The Labute approximate surface area is 143 Å². The Morgan fingerprint density at radius 2 is 2.35 bits per heavy atom. The quantitative estimate of drug-likeness (QED) is 0.804. The van der Waals surface area contributed by atoms with Crippen molar-refractivity contribution in [3.63, 3.8) is 0 Å². The van der Waals surface area contributed by atoms with Crippen molar-refractivity contribution in [1.29, 1.82) is 0 Å². The lowest BCUT2D eigenvalue weighted by atomic mass is 10.1. The van der Waals surface area contributed by atoms with E-state index in [4.69, 9.17) is 4.74 Å². The SMILES string of the molecule is CCC(C)Oc1cc(C)ccc1CNC(=O)CC1CSCCN1. The fraction of sp³-hybridized carbons (Fsp3) is 0.611. The number of carbonyl (C=O) groups excluding carboxylic acids is 1. The monoisotopic (exact) mass is 336 g/mol. The number of nitrogens with one attached hydrogen (secondary N) is 2. The normalized spacial score (nSPS) is 19.2. The van der Waals surface area contributed by atoms with Crippen LogP contribution in [0.4, 0.5) is 0 Å². The average Bonchev–Trinajstić information content (AvgIpc) is 2.55. The van der Waals surface area contributed by atoms with Gasteiger partial charge in [0.2, 0.25) is 5.91 Å². The minimum Gasteiger partial charge on any atom is -0.490 e. The number of amides is 1. The van der Waals surface area contributed by atoms with Crippen molar-refractivity contribution in [2.75, 3.05) is 18.1 Å². The maximum Gasteiger partial charge on any atom is 0.221 e. The van der Waals surface area contributed by atoms with E-state index in [1.54, 1.807) is 0 Å². The summed E-state index contributed by atoms with van der Waals surface area (Å²) in [5.74, 6) is 3.13. The Hall–Kier alpha value is -1.20. The van der Waals surface area contributed by atoms with E-state index in [0.29, 0.717) is 19.0 Å². The predicted molar refractivity (Wildman–Crippen MR) is 97.1 cm³/mol. The van der Waals surface area contributed by atoms with Gasteiger partial charge in [-0.05, 0) is 31.9 Å². The van der Waals surface area contributed by atoms with Crippen LogP contribution in [-0.2, 0) is 11.3 Å². The number of hydrogen-bond acceptors (Lipinski definition) is 4. The minimum absolute atomic E-state index is 0.0973. The van der Waals surface area contributed by atoms with E-state index in [2.05, 4.69) is 37.5 Å². The molecule has 2 unspecified atom stereocenters. The molecule has 1 aliphatic rings. The first-order chi connectivity index (χ1) is 11.1. The Morgan fingerprint density at radius 3 is 3.04 bits per heavy atom. The summed E-state index contributed by atoms with van der Waals surface area (Å²) >= 11 is 1.91. The molecule has 0 aromatic heterocycles. The summed E-state index contributed by atoms with van der Waals surface area (Å²) in [6, 6.07) is 6.45. The number of aryl methyl sites for hydroxylation is 1. The topological polar surface area (TPSA) is 50.4 Å². The molecule has 4 nitrogen and oxygen atoms in total. The lowest BCUT2D eigenvalue weighted by Gasteiger charge is -2.22. The van der Waals surface area contributed by atoms with Gasteiger partial charge in [-0.15, -0.1) is 0 Å². The highest BCUT2D eigenvalue weighted by Crippen LogP contribution is 2.22. The second kappa shape index (κ2) is 9.18. The standard InChI is InChI=1S/C18H28N2O2S/c1-4-14(3)22-17-9-13(2)5-6-15(17)11-20-18(21)10-16-12-23-8-7-19-16/h5-6,9,14,16,19H,4,7-8,10-12H2,1-3H3,(H,20,21). The van der Waals surface area contributed by atoms with Crippen molar-refractivity contribution in [3.05, 3.63) is 29.3 Å². The lowest BCUT2D eigenvalue weighted by Crippen LogP contribution is -2.41. The molecule has 0 bridgehead atoms. The van der Waals surface area contributed by atoms with E-state index in [-0.39, 0.29) is 12.0 Å². The zero-order chi connectivity index (χ0) is 16.7. The Balaban J connectivity index is 1.89. The van der Waals surface area contributed by atoms with Crippen molar-refractivity contribution < 1.29 is 9.53 Å². The van der Waals surface area contributed by atoms with Crippen molar-refractivity contribution in [2.45, 2.75) is 52.3 Å². The van der Waals surface area contributed by atoms with Crippen molar-refractivity contribution in [2.24, 2.45) is 0 Å². The molecule has 1 saturated heterocycles. The molecule has 5 heteroatoms. The van der Waals surface area contributed by atoms with E-state index < -0.39 is 0 Å². The smallest absolute Gasteiger partial charge is 0.221 e. The van der Waals surface area contributed by atoms with Crippen molar-refractivity contribution >= 4 is 17.7 Å². The molecule has 2 N–H and O–H groups in total. The van der Waals surface area contributed by atoms with Crippen LogP contribution < -0.4 is 15.4 Å². The summed E-state index contributed by atoms with van der Waals surface area (Å²) in [7, 11) is 0. The number of carbonyl (C=O) groups is 1. The molecular formula is C18H28N2O2S. The maximum absolute atomic E-state index is 12.1. The third-order valence-corrected chi connectivity index (χ3v) is 5.16. The van der Waals surface area contributed by atoms with Crippen LogP contribution in [-0.4, -0.2) is 36.1 Å². The molecule has 2 rings (SSSR count). The molecule has 128 valence electrons. The fourth-order valence-electron chi connectivity index (χ4n) is 2.46. The van der Waals surface area contributed by atoms with Gasteiger partial charge in [-0.2, -0.15) is 11.8 Å². The van der Waals surface area contributed by atoms with E-state index in [1.807, 2.05) is 23.9 Å². The van der Waals surface area contributed by atoms with Gasteiger partial charge in [0.05, 0.1) is 6.10 Å². The van der Waals surface area contributed by atoms with Gasteiger partial charge in [-0.1, -0.05) is 19.1 Å². The van der Waals surface area contributed by atoms with E-state index >= 15 is 0 Å². The van der Waals surface area contributed by atoms with Crippen LogP contribution in [0.25, 0.3) is 0 Å². The predicted octanol–water partition coefficient (Wildman–Crippen LogP) is 2.88. The molecule has 0 spiro atoms. The van der Waals surface area contributed by atoms with Gasteiger partial charge in [0.25, 0.3) is 0 Å². The highest BCUT2D eigenvalue weighted by Gasteiger charge is 2.17. The van der Waals surface area contributed by atoms with Gasteiger partial charge in [0, 0.05) is 42.6 Å². The molecule has 0 radical (unpaired) electrons. The molecule has 1 aliphatic heterocycles. The second-order valence-electron chi connectivity index (χ2n) is 6.15. The first-order valence-corrected chi connectivity index (χ1v) is 9.58. The van der Waals surface area contributed by atoms with Crippen LogP contribution in [0.1, 0.15) is 37.8 Å². The van der Waals surface area contributed by atoms with Crippen molar-refractivity contribution in [1.82, 2.24) is 10.6 Å². The molecule has 2 atom stereocenters. The zero-order valence-corrected chi connectivity index (χ0v) is 15.2. The number of hydrogen-bond donors (Lipinski definition) is 2. The Kier molecular flexibility index (Phi) is 7.24. The summed E-state index contributed by atoms with van der Waals surface area (Å²) in [4.78, 5) is 12.1. The summed E-state index contributed by atoms with van der Waals surface area (Å²) in [6.45, 7) is 7.74. The Bertz CT molecular complexity index is 516. The van der Waals surface area contributed by atoms with Gasteiger partial charge in [-0.3, -0.25) is 4.79 Å². The van der Waals surface area contributed by atoms with Crippen LogP contribution in [0, 0.1) is 6.92 Å². The average molecular weight is 337 g/mol. The number of thioether (sulfide) groups is 1. The second-order valence-corrected chi connectivity index (χ2v) is 7.30.